The summed E-state index contributed by atoms with van der Waals surface area (Å²) in [6.45, 7) is 1.97. The number of benzene rings is 2. The second kappa shape index (κ2) is 5.52. The lowest BCUT2D eigenvalue weighted by atomic mass is 10.0. The summed E-state index contributed by atoms with van der Waals surface area (Å²) in [6, 6.07) is 13.2. The topological polar surface area (TPSA) is 26.3 Å². The number of halogens is 1. The van der Waals surface area contributed by atoms with Crippen molar-refractivity contribution in [2.75, 3.05) is 7.11 Å². The molecule has 0 aromatic heterocycles. The zero-order valence-corrected chi connectivity index (χ0v) is 12.4. The van der Waals surface area contributed by atoms with E-state index in [0.29, 0.717) is 16.9 Å². The standard InChI is InChI=1S/C15H13IO2/c1-10-4-3-5-11(8-10)15(17)13-9-12(16)6-7-14(13)18-2/h3-9H,1-2H3. The van der Waals surface area contributed by atoms with Gasteiger partial charge in [0.2, 0.25) is 0 Å². The number of ether oxygens (including phenoxy) is 1. The lowest BCUT2D eigenvalue weighted by molar-refractivity contribution is 0.103. The van der Waals surface area contributed by atoms with Crippen molar-refractivity contribution in [1.82, 2.24) is 0 Å². The Labute approximate surface area is 120 Å². The molecule has 3 heteroatoms. The lowest BCUT2D eigenvalue weighted by Gasteiger charge is -2.08. The van der Waals surface area contributed by atoms with Gasteiger partial charge in [-0.15, -0.1) is 0 Å². The monoisotopic (exact) mass is 352 g/mol. The molecule has 0 saturated carbocycles. The Kier molecular flexibility index (Phi) is 4.01. The minimum atomic E-state index is -0.00549. The first kappa shape index (κ1) is 13.1. The summed E-state index contributed by atoms with van der Waals surface area (Å²) >= 11 is 2.19. The van der Waals surface area contributed by atoms with Crippen LogP contribution in [0.5, 0.6) is 5.75 Å². The number of hydrogen-bond donors (Lipinski definition) is 0. The van der Waals surface area contributed by atoms with E-state index in [9.17, 15) is 4.79 Å². The zero-order chi connectivity index (χ0) is 13.1. The molecule has 2 rings (SSSR count). The highest BCUT2D eigenvalue weighted by molar-refractivity contribution is 14.1. The average Bonchev–Trinajstić information content (AvgIpc) is 2.38. The molecule has 0 fully saturated rings. The first-order valence-corrected chi connectivity index (χ1v) is 6.64. The van der Waals surface area contributed by atoms with Gasteiger partial charge in [0.25, 0.3) is 0 Å². The van der Waals surface area contributed by atoms with Gasteiger partial charge < -0.3 is 4.74 Å². The van der Waals surface area contributed by atoms with Gasteiger partial charge in [-0.05, 0) is 53.8 Å². The third kappa shape index (κ3) is 2.72. The fourth-order valence-electron chi connectivity index (χ4n) is 1.80. The first-order valence-electron chi connectivity index (χ1n) is 5.56. The molecule has 0 aliphatic carbocycles. The van der Waals surface area contributed by atoms with Crippen LogP contribution in [-0.4, -0.2) is 12.9 Å². The number of ketones is 1. The number of aryl methyl sites for hydroxylation is 1. The van der Waals surface area contributed by atoms with Gasteiger partial charge in [0, 0.05) is 9.13 Å². The molecule has 0 bridgehead atoms. The van der Waals surface area contributed by atoms with Crippen LogP contribution in [0.3, 0.4) is 0 Å². The van der Waals surface area contributed by atoms with Crippen LogP contribution < -0.4 is 4.74 Å². The van der Waals surface area contributed by atoms with Crippen molar-refractivity contribution < 1.29 is 9.53 Å². The Morgan fingerprint density at radius 2 is 1.94 bits per heavy atom. The van der Waals surface area contributed by atoms with Crippen LogP contribution in [0.25, 0.3) is 0 Å². The highest BCUT2D eigenvalue weighted by atomic mass is 127. The Balaban J connectivity index is 2.48. The van der Waals surface area contributed by atoms with E-state index >= 15 is 0 Å². The van der Waals surface area contributed by atoms with Gasteiger partial charge in [-0.25, -0.2) is 0 Å². The molecule has 2 nitrogen and oxygen atoms in total. The van der Waals surface area contributed by atoms with E-state index in [4.69, 9.17) is 4.74 Å². The molecule has 0 aliphatic rings. The lowest BCUT2D eigenvalue weighted by Crippen LogP contribution is -2.04. The van der Waals surface area contributed by atoms with Gasteiger partial charge in [-0.1, -0.05) is 23.8 Å². The molecular formula is C15H13IO2. The number of carbonyl (C=O) groups excluding carboxylic acids is 1. The Hall–Kier alpha value is -1.36. The van der Waals surface area contributed by atoms with Gasteiger partial charge in [0.05, 0.1) is 12.7 Å². The zero-order valence-electron chi connectivity index (χ0n) is 10.2. The molecule has 0 heterocycles. The van der Waals surface area contributed by atoms with Crippen molar-refractivity contribution in [3.05, 3.63) is 62.7 Å². The third-order valence-corrected chi connectivity index (χ3v) is 3.36. The fraction of sp³-hybridized carbons (Fsp3) is 0.133. The van der Waals surface area contributed by atoms with Crippen LogP contribution in [0.4, 0.5) is 0 Å². The molecule has 0 N–H and O–H groups in total. The summed E-state index contributed by atoms with van der Waals surface area (Å²) in [4.78, 5) is 12.4. The summed E-state index contributed by atoms with van der Waals surface area (Å²) in [6.07, 6.45) is 0. The maximum absolute atomic E-state index is 12.4. The molecule has 0 atom stereocenters. The van der Waals surface area contributed by atoms with Gasteiger partial charge in [0.1, 0.15) is 5.75 Å². The van der Waals surface area contributed by atoms with Crippen LogP contribution >= 0.6 is 22.6 Å². The van der Waals surface area contributed by atoms with E-state index in [1.54, 1.807) is 7.11 Å². The highest BCUT2D eigenvalue weighted by Gasteiger charge is 2.14. The van der Waals surface area contributed by atoms with Crippen molar-refractivity contribution in [1.29, 1.82) is 0 Å². The van der Waals surface area contributed by atoms with Crippen molar-refractivity contribution >= 4 is 28.4 Å². The summed E-state index contributed by atoms with van der Waals surface area (Å²) in [7, 11) is 1.58. The number of hydrogen-bond acceptors (Lipinski definition) is 2. The second-order valence-electron chi connectivity index (χ2n) is 4.04. The summed E-state index contributed by atoms with van der Waals surface area (Å²) in [5.74, 6) is 0.607. The smallest absolute Gasteiger partial charge is 0.196 e. The van der Waals surface area contributed by atoms with E-state index in [0.717, 1.165) is 9.13 Å². The molecule has 0 radical (unpaired) electrons. The molecular weight excluding hydrogens is 339 g/mol. The predicted molar refractivity (Wildman–Crippen MR) is 80.3 cm³/mol. The normalized spacial score (nSPS) is 10.2. The molecule has 0 aliphatic heterocycles. The summed E-state index contributed by atoms with van der Waals surface area (Å²) in [5, 5.41) is 0. The fourth-order valence-corrected chi connectivity index (χ4v) is 2.29. The highest BCUT2D eigenvalue weighted by Crippen LogP contribution is 2.24. The van der Waals surface area contributed by atoms with Gasteiger partial charge in [-0.3, -0.25) is 4.79 Å². The minimum Gasteiger partial charge on any atom is -0.496 e. The SMILES string of the molecule is COc1ccc(I)cc1C(=O)c1cccc(C)c1. The molecule has 18 heavy (non-hydrogen) atoms. The van der Waals surface area contributed by atoms with Crippen LogP contribution in [0.1, 0.15) is 21.5 Å². The number of methoxy groups -OCH3 is 1. The van der Waals surface area contributed by atoms with Gasteiger partial charge >= 0.3 is 0 Å². The third-order valence-electron chi connectivity index (χ3n) is 2.69. The number of rotatable bonds is 3. The van der Waals surface area contributed by atoms with Crippen LogP contribution in [0.15, 0.2) is 42.5 Å². The Morgan fingerprint density at radius 1 is 1.17 bits per heavy atom. The Morgan fingerprint density at radius 3 is 2.61 bits per heavy atom. The number of carbonyl (C=O) groups is 1. The molecule has 0 amide bonds. The minimum absolute atomic E-state index is 0.00549. The molecule has 2 aromatic rings. The van der Waals surface area contributed by atoms with Crippen LogP contribution in [0, 0.1) is 10.5 Å². The molecule has 0 unspecified atom stereocenters. The van der Waals surface area contributed by atoms with E-state index in [2.05, 4.69) is 22.6 Å². The van der Waals surface area contributed by atoms with E-state index < -0.39 is 0 Å². The first-order chi connectivity index (χ1) is 8.61. The quantitative estimate of drug-likeness (QED) is 0.620. The predicted octanol–water partition coefficient (Wildman–Crippen LogP) is 3.84. The maximum atomic E-state index is 12.4. The summed E-state index contributed by atoms with van der Waals surface area (Å²) < 4.78 is 6.27. The molecule has 0 spiro atoms. The molecule has 0 saturated heterocycles. The van der Waals surface area contributed by atoms with Crippen molar-refractivity contribution in [2.24, 2.45) is 0 Å². The second-order valence-corrected chi connectivity index (χ2v) is 5.29. The van der Waals surface area contributed by atoms with Crippen LogP contribution in [-0.2, 0) is 0 Å². The van der Waals surface area contributed by atoms with E-state index in [1.165, 1.54) is 0 Å². The van der Waals surface area contributed by atoms with Crippen LogP contribution in [0.2, 0.25) is 0 Å². The van der Waals surface area contributed by atoms with E-state index in [1.807, 2.05) is 49.4 Å². The largest absolute Gasteiger partial charge is 0.496 e. The van der Waals surface area contributed by atoms with Crippen molar-refractivity contribution in [2.45, 2.75) is 6.92 Å². The molecule has 92 valence electrons. The van der Waals surface area contributed by atoms with Crippen molar-refractivity contribution in [3.8, 4) is 5.75 Å². The van der Waals surface area contributed by atoms with Gasteiger partial charge in [-0.2, -0.15) is 0 Å². The Bertz CT molecular complexity index is 591. The van der Waals surface area contributed by atoms with E-state index in [-0.39, 0.29) is 5.78 Å². The molecule has 2 aromatic carbocycles. The maximum Gasteiger partial charge on any atom is 0.196 e. The van der Waals surface area contributed by atoms with Crippen molar-refractivity contribution in [3.63, 3.8) is 0 Å². The van der Waals surface area contributed by atoms with Gasteiger partial charge in [0.15, 0.2) is 5.78 Å². The average molecular weight is 352 g/mol. The summed E-state index contributed by atoms with van der Waals surface area (Å²) in [5.41, 5.74) is 2.37.